The number of hydrogen-bond donors (Lipinski definition) is 1. The lowest BCUT2D eigenvalue weighted by Crippen LogP contribution is -2.40. The Morgan fingerprint density at radius 2 is 2.17 bits per heavy atom. The minimum atomic E-state index is -0.425. The zero-order chi connectivity index (χ0) is 20.8. The van der Waals surface area contributed by atoms with Crippen LogP contribution in [0.3, 0.4) is 0 Å². The molecule has 1 heterocycles. The summed E-state index contributed by atoms with van der Waals surface area (Å²) in [7, 11) is 3.61. The van der Waals surface area contributed by atoms with Crippen LogP contribution < -0.4 is 5.32 Å². The average molecular weight is 466 g/mol. The molecule has 1 aromatic carbocycles. The van der Waals surface area contributed by atoms with Crippen molar-refractivity contribution in [3.8, 4) is 0 Å². The van der Waals surface area contributed by atoms with Crippen LogP contribution in [0.5, 0.6) is 0 Å². The molecule has 29 heavy (non-hydrogen) atoms. The summed E-state index contributed by atoms with van der Waals surface area (Å²) in [4.78, 5) is 15.1. The van der Waals surface area contributed by atoms with Gasteiger partial charge in [-0.25, -0.2) is 0 Å². The fourth-order valence-electron chi connectivity index (χ4n) is 3.63. The largest absolute Gasteiger partial charge is 0.385 e. The Balaban J connectivity index is 1.80. The van der Waals surface area contributed by atoms with Crippen LogP contribution in [0.2, 0.25) is 0 Å². The zero-order valence-corrected chi connectivity index (χ0v) is 19.2. The van der Waals surface area contributed by atoms with E-state index in [9.17, 15) is 4.79 Å². The van der Waals surface area contributed by atoms with Crippen molar-refractivity contribution in [3.63, 3.8) is 0 Å². The molecular weight excluding hydrogens is 434 g/mol. The quantitative estimate of drug-likeness (QED) is 0.486. The van der Waals surface area contributed by atoms with E-state index in [1.165, 1.54) is 16.5 Å². The van der Waals surface area contributed by atoms with Crippen molar-refractivity contribution >= 4 is 32.7 Å². The second-order valence-corrected chi connectivity index (χ2v) is 8.59. The van der Waals surface area contributed by atoms with Crippen LogP contribution in [-0.2, 0) is 27.4 Å². The van der Waals surface area contributed by atoms with E-state index in [0.29, 0.717) is 19.2 Å². The van der Waals surface area contributed by atoms with Crippen LogP contribution in [0.1, 0.15) is 31.7 Å². The van der Waals surface area contributed by atoms with E-state index in [1.54, 1.807) is 7.11 Å². The van der Waals surface area contributed by atoms with E-state index in [0.717, 1.165) is 43.4 Å². The monoisotopic (exact) mass is 465 g/mol. The van der Waals surface area contributed by atoms with Gasteiger partial charge in [-0.1, -0.05) is 15.9 Å². The fourth-order valence-corrected chi connectivity index (χ4v) is 3.99. The summed E-state index contributed by atoms with van der Waals surface area (Å²) in [5, 5.41) is 4.24. The third-order valence-electron chi connectivity index (χ3n) is 5.35. The molecule has 0 spiro atoms. The fraction of sp³-hybridized carbons (Fsp3) is 0.591. The molecule has 1 aromatic heterocycles. The number of likely N-dealkylation sites (N-methyl/N-ethyl adjacent to an activating group) is 1. The van der Waals surface area contributed by atoms with E-state index in [2.05, 4.69) is 50.2 Å². The van der Waals surface area contributed by atoms with Crippen molar-refractivity contribution in [2.75, 3.05) is 33.9 Å². The summed E-state index contributed by atoms with van der Waals surface area (Å²) in [6.07, 6.45) is 4.88. The van der Waals surface area contributed by atoms with Gasteiger partial charge in [0.05, 0.1) is 6.61 Å². The van der Waals surface area contributed by atoms with Gasteiger partial charge in [0.25, 0.3) is 5.91 Å². The number of nitrogens with zero attached hydrogens (tertiary/aromatic N) is 2. The normalized spacial score (nSPS) is 15.0. The summed E-state index contributed by atoms with van der Waals surface area (Å²) in [6.45, 7) is 5.38. The van der Waals surface area contributed by atoms with E-state index < -0.39 is 6.10 Å². The number of carbonyl (C=O) groups is 1. The molecule has 1 amide bonds. The zero-order valence-electron chi connectivity index (χ0n) is 17.6. The first-order chi connectivity index (χ1) is 14.0. The summed E-state index contributed by atoms with van der Waals surface area (Å²) < 4.78 is 14.3. The van der Waals surface area contributed by atoms with Crippen LogP contribution >= 0.6 is 15.9 Å². The highest BCUT2D eigenvalue weighted by Gasteiger charge is 2.35. The first-order valence-corrected chi connectivity index (χ1v) is 11.2. The SMILES string of the molecule is CNCCO[C@H](C)C(=O)N(Cc1cn(CCCOC)c2ccc(Br)cc12)C1CC1. The van der Waals surface area contributed by atoms with Gasteiger partial charge in [0.15, 0.2) is 0 Å². The molecule has 160 valence electrons. The Morgan fingerprint density at radius 1 is 1.38 bits per heavy atom. The lowest BCUT2D eigenvalue weighted by Gasteiger charge is -2.26. The van der Waals surface area contributed by atoms with Gasteiger partial charge in [0.1, 0.15) is 6.10 Å². The molecule has 1 aliphatic carbocycles. The van der Waals surface area contributed by atoms with Gasteiger partial charge in [0.2, 0.25) is 0 Å². The molecule has 0 bridgehead atoms. The van der Waals surface area contributed by atoms with Crippen LogP contribution in [0.15, 0.2) is 28.9 Å². The van der Waals surface area contributed by atoms with E-state index in [4.69, 9.17) is 9.47 Å². The molecule has 0 saturated heterocycles. The lowest BCUT2D eigenvalue weighted by atomic mass is 10.1. The predicted octanol–water partition coefficient (Wildman–Crippen LogP) is 3.56. The topological polar surface area (TPSA) is 55.7 Å². The Morgan fingerprint density at radius 3 is 2.86 bits per heavy atom. The maximum atomic E-state index is 13.1. The number of amides is 1. The summed E-state index contributed by atoms with van der Waals surface area (Å²) in [6, 6.07) is 6.69. The smallest absolute Gasteiger partial charge is 0.251 e. The highest BCUT2D eigenvalue weighted by atomic mass is 79.9. The van der Waals surface area contributed by atoms with Gasteiger partial charge < -0.3 is 24.3 Å². The van der Waals surface area contributed by atoms with Crippen molar-refractivity contribution in [3.05, 3.63) is 34.4 Å². The number of ether oxygens (including phenoxy) is 2. The number of fused-ring (bicyclic) bond motifs is 1. The van der Waals surface area contributed by atoms with Crippen molar-refractivity contribution in [2.45, 2.75) is 51.4 Å². The summed E-state index contributed by atoms with van der Waals surface area (Å²) >= 11 is 3.60. The number of hydrogen-bond acceptors (Lipinski definition) is 4. The maximum absolute atomic E-state index is 13.1. The highest BCUT2D eigenvalue weighted by molar-refractivity contribution is 9.10. The third-order valence-corrected chi connectivity index (χ3v) is 5.85. The lowest BCUT2D eigenvalue weighted by molar-refractivity contribution is -0.143. The van der Waals surface area contributed by atoms with Crippen molar-refractivity contribution in [1.29, 1.82) is 0 Å². The first-order valence-electron chi connectivity index (χ1n) is 10.4. The number of methoxy groups -OCH3 is 1. The molecule has 1 N–H and O–H groups in total. The van der Waals surface area contributed by atoms with Crippen LogP contribution in [0.25, 0.3) is 10.9 Å². The Kier molecular flexibility index (Phi) is 8.12. The van der Waals surface area contributed by atoms with Gasteiger partial charge in [-0.15, -0.1) is 0 Å². The number of aromatic nitrogens is 1. The molecule has 0 unspecified atom stereocenters. The van der Waals surface area contributed by atoms with Crippen molar-refractivity contribution in [2.24, 2.45) is 0 Å². The van der Waals surface area contributed by atoms with Gasteiger partial charge >= 0.3 is 0 Å². The van der Waals surface area contributed by atoms with E-state index in [1.807, 2.05) is 18.9 Å². The number of nitrogens with one attached hydrogen (secondary N) is 1. The molecule has 0 aliphatic heterocycles. The molecule has 3 rings (SSSR count). The summed E-state index contributed by atoms with van der Waals surface area (Å²) in [5.41, 5.74) is 2.38. The van der Waals surface area contributed by atoms with Gasteiger partial charge in [-0.3, -0.25) is 4.79 Å². The predicted molar refractivity (Wildman–Crippen MR) is 119 cm³/mol. The highest BCUT2D eigenvalue weighted by Crippen LogP contribution is 2.32. The number of aryl methyl sites for hydroxylation is 1. The number of halogens is 1. The van der Waals surface area contributed by atoms with Crippen LogP contribution in [0.4, 0.5) is 0 Å². The van der Waals surface area contributed by atoms with Crippen molar-refractivity contribution < 1.29 is 14.3 Å². The average Bonchev–Trinajstić information content (AvgIpc) is 3.49. The molecule has 2 aromatic rings. The van der Waals surface area contributed by atoms with E-state index >= 15 is 0 Å². The Hall–Kier alpha value is -1.41. The molecule has 6 nitrogen and oxygen atoms in total. The molecule has 1 aliphatic rings. The molecule has 1 fully saturated rings. The number of carbonyl (C=O) groups excluding carboxylic acids is 1. The van der Waals surface area contributed by atoms with Gasteiger partial charge in [-0.2, -0.15) is 0 Å². The van der Waals surface area contributed by atoms with Gasteiger partial charge in [-0.05, 0) is 57.0 Å². The first kappa shape index (κ1) is 22.3. The second kappa shape index (κ2) is 10.6. The van der Waals surface area contributed by atoms with Gasteiger partial charge in [0, 0.05) is 61.0 Å². The maximum Gasteiger partial charge on any atom is 0.251 e. The molecule has 0 radical (unpaired) electrons. The van der Waals surface area contributed by atoms with Crippen molar-refractivity contribution in [1.82, 2.24) is 14.8 Å². The molecule has 1 atom stereocenters. The second-order valence-electron chi connectivity index (χ2n) is 7.67. The minimum Gasteiger partial charge on any atom is -0.385 e. The minimum absolute atomic E-state index is 0.0823. The van der Waals surface area contributed by atoms with Crippen LogP contribution in [0, 0.1) is 0 Å². The molecule has 1 saturated carbocycles. The third kappa shape index (κ3) is 5.81. The van der Waals surface area contributed by atoms with E-state index in [-0.39, 0.29) is 5.91 Å². The Bertz CT molecular complexity index is 819. The number of rotatable bonds is 12. The Labute approximate surface area is 181 Å². The summed E-state index contributed by atoms with van der Waals surface area (Å²) in [5.74, 6) is 0.0823. The molecular formula is C22H32BrN3O3. The standard InChI is InChI=1S/C22H32BrN3O3/c1-16(29-12-9-24-2)22(27)26(19-6-7-19)15-17-14-25(10-4-11-28-3)21-8-5-18(23)13-20(17)21/h5,8,13-14,16,19,24H,4,6-7,9-12,15H2,1-3H3/t16-/m1/s1. The molecule has 7 heteroatoms. The number of benzene rings is 1. The van der Waals surface area contributed by atoms with Crippen LogP contribution in [-0.4, -0.2) is 61.4 Å².